The van der Waals surface area contributed by atoms with Crippen LogP contribution in [0.1, 0.15) is 73.4 Å². The van der Waals surface area contributed by atoms with E-state index in [1.165, 1.54) is 6.08 Å². The van der Waals surface area contributed by atoms with Crippen molar-refractivity contribution in [3.63, 3.8) is 0 Å². The van der Waals surface area contributed by atoms with E-state index in [9.17, 15) is 9.59 Å². The fourth-order valence-electron chi connectivity index (χ4n) is 4.31. The highest BCUT2D eigenvalue weighted by molar-refractivity contribution is 5.94. The van der Waals surface area contributed by atoms with Gasteiger partial charge in [-0.3, -0.25) is 4.79 Å². The minimum absolute atomic E-state index is 0.0289. The molecule has 1 atom stereocenters. The van der Waals surface area contributed by atoms with Crippen molar-refractivity contribution in [3.8, 4) is 5.75 Å². The lowest BCUT2D eigenvalue weighted by atomic mass is 9.86. The maximum atomic E-state index is 12.7. The maximum absolute atomic E-state index is 12.7. The Hall–Kier alpha value is -3.08. The lowest BCUT2D eigenvalue weighted by Gasteiger charge is -2.22. The normalized spacial score (nSPS) is 15.3. The molecule has 0 fully saturated rings. The predicted octanol–water partition coefficient (Wildman–Crippen LogP) is 6.09. The second kappa shape index (κ2) is 9.82. The van der Waals surface area contributed by atoms with E-state index in [4.69, 9.17) is 9.47 Å². The average molecular weight is 450 g/mol. The molecule has 0 saturated carbocycles. The molecule has 1 heterocycles. The van der Waals surface area contributed by atoms with Gasteiger partial charge in [0.15, 0.2) is 0 Å². The number of carbonyl (C=O) groups excluding carboxylic acids is 2. The lowest BCUT2D eigenvalue weighted by molar-refractivity contribution is -0.137. The van der Waals surface area contributed by atoms with Crippen molar-refractivity contribution in [2.75, 3.05) is 18.5 Å². The van der Waals surface area contributed by atoms with Gasteiger partial charge in [0.2, 0.25) is 5.91 Å². The summed E-state index contributed by atoms with van der Waals surface area (Å²) >= 11 is 0. The Morgan fingerprint density at radius 2 is 1.76 bits per heavy atom. The molecule has 0 saturated heterocycles. The van der Waals surface area contributed by atoms with Crippen LogP contribution in [0.25, 0.3) is 6.08 Å². The molecular formula is C28H35NO4. The first-order valence-corrected chi connectivity index (χ1v) is 11.5. The third-order valence-corrected chi connectivity index (χ3v) is 6.04. The first-order valence-electron chi connectivity index (χ1n) is 11.5. The standard InChI is InChI=1S/C28H35NO4/c1-8-32-24(31)14-11-20-9-12-21(13-10-20)22-16-33-27-18(3)17(2)26(19(4)25(22)27)29-23(30)15-28(5,6)7/h9-14,22H,8,15-16H2,1-7H3,(H,29,30)/b14-11+. The second-order valence-electron chi connectivity index (χ2n) is 9.89. The summed E-state index contributed by atoms with van der Waals surface area (Å²) in [5.74, 6) is 0.694. The smallest absolute Gasteiger partial charge is 0.330 e. The number of nitrogens with one attached hydrogen (secondary N) is 1. The third kappa shape index (κ3) is 5.65. The summed E-state index contributed by atoms with van der Waals surface area (Å²) in [7, 11) is 0. The summed E-state index contributed by atoms with van der Waals surface area (Å²) in [4.78, 5) is 24.3. The molecule has 1 unspecified atom stereocenters. The number of hydrogen-bond acceptors (Lipinski definition) is 4. The molecule has 2 aromatic carbocycles. The number of carbonyl (C=O) groups is 2. The fraction of sp³-hybridized carbons (Fsp3) is 0.429. The number of esters is 1. The third-order valence-electron chi connectivity index (χ3n) is 6.04. The number of rotatable bonds is 6. The molecule has 2 aromatic rings. The van der Waals surface area contributed by atoms with Crippen LogP contribution in [0, 0.1) is 26.2 Å². The number of fused-ring (bicyclic) bond motifs is 1. The molecule has 0 aromatic heterocycles. The maximum Gasteiger partial charge on any atom is 0.330 e. The van der Waals surface area contributed by atoms with E-state index in [1.807, 2.05) is 19.1 Å². The van der Waals surface area contributed by atoms with Gasteiger partial charge in [-0.25, -0.2) is 4.79 Å². The molecule has 1 amide bonds. The van der Waals surface area contributed by atoms with E-state index < -0.39 is 0 Å². The SMILES string of the molecule is CCOC(=O)/C=C/c1ccc(C2COc3c(C)c(C)c(NC(=O)CC(C)(C)C)c(C)c32)cc1. The minimum Gasteiger partial charge on any atom is -0.492 e. The summed E-state index contributed by atoms with van der Waals surface area (Å²) in [6.07, 6.45) is 3.65. The van der Waals surface area contributed by atoms with Crippen LogP contribution in [0.2, 0.25) is 0 Å². The average Bonchev–Trinajstić information content (AvgIpc) is 3.18. The molecule has 33 heavy (non-hydrogen) atoms. The Morgan fingerprint density at radius 3 is 2.36 bits per heavy atom. The zero-order chi connectivity index (χ0) is 24.3. The van der Waals surface area contributed by atoms with Crippen molar-refractivity contribution in [2.45, 2.75) is 60.8 Å². The van der Waals surface area contributed by atoms with E-state index >= 15 is 0 Å². The van der Waals surface area contributed by atoms with Crippen molar-refractivity contribution >= 4 is 23.6 Å². The first kappa shape index (κ1) is 24.6. The van der Waals surface area contributed by atoms with Crippen LogP contribution in [-0.4, -0.2) is 25.1 Å². The highest BCUT2D eigenvalue weighted by Gasteiger charge is 2.32. The zero-order valence-electron chi connectivity index (χ0n) is 20.8. The van der Waals surface area contributed by atoms with E-state index in [0.29, 0.717) is 19.6 Å². The number of amides is 1. The van der Waals surface area contributed by atoms with Crippen LogP contribution in [0.15, 0.2) is 30.3 Å². The van der Waals surface area contributed by atoms with Gasteiger partial charge in [-0.05, 0) is 67.0 Å². The van der Waals surface area contributed by atoms with Crippen molar-refractivity contribution in [1.82, 2.24) is 0 Å². The van der Waals surface area contributed by atoms with E-state index in [1.54, 1.807) is 13.0 Å². The van der Waals surface area contributed by atoms with Crippen LogP contribution < -0.4 is 10.1 Å². The van der Waals surface area contributed by atoms with Crippen LogP contribution in [0.5, 0.6) is 5.75 Å². The predicted molar refractivity (Wildman–Crippen MR) is 133 cm³/mol. The molecule has 0 aliphatic carbocycles. The van der Waals surface area contributed by atoms with Crippen LogP contribution in [-0.2, 0) is 14.3 Å². The Kier molecular flexibility index (Phi) is 7.31. The Bertz CT molecular complexity index is 1070. The minimum atomic E-state index is -0.345. The summed E-state index contributed by atoms with van der Waals surface area (Å²) in [5, 5.41) is 3.18. The van der Waals surface area contributed by atoms with E-state index in [-0.39, 0.29) is 23.2 Å². The Labute approximate surface area is 197 Å². The number of anilines is 1. The number of benzene rings is 2. The molecule has 1 aliphatic rings. The first-order chi connectivity index (χ1) is 15.5. The van der Waals surface area contributed by atoms with Gasteiger partial charge in [0.05, 0.1) is 13.2 Å². The summed E-state index contributed by atoms with van der Waals surface area (Å²) < 4.78 is 11.1. The van der Waals surface area contributed by atoms with Crippen molar-refractivity contribution < 1.29 is 19.1 Å². The van der Waals surface area contributed by atoms with E-state index in [2.05, 4.69) is 52.1 Å². The van der Waals surface area contributed by atoms with Gasteiger partial charge in [0.1, 0.15) is 5.75 Å². The quantitative estimate of drug-likeness (QED) is 0.428. The summed E-state index contributed by atoms with van der Waals surface area (Å²) in [6, 6.07) is 8.12. The molecule has 0 radical (unpaired) electrons. The largest absolute Gasteiger partial charge is 0.492 e. The van der Waals surface area contributed by atoms with Gasteiger partial charge in [-0.2, -0.15) is 0 Å². The van der Waals surface area contributed by atoms with Gasteiger partial charge in [-0.15, -0.1) is 0 Å². The number of hydrogen-bond donors (Lipinski definition) is 1. The number of ether oxygens (including phenoxy) is 2. The lowest BCUT2D eigenvalue weighted by Crippen LogP contribution is -2.21. The molecule has 3 rings (SSSR count). The van der Waals surface area contributed by atoms with Crippen molar-refractivity contribution in [3.05, 3.63) is 63.7 Å². The molecule has 0 spiro atoms. The van der Waals surface area contributed by atoms with E-state index in [0.717, 1.165) is 44.8 Å². The Morgan fingerprint density at radius 1 is 1.09 bits per heavy atom. The molecule has 5 nitrogen and oxygen atoms in total. The monoisotopic (exact) mass is 449 g/mol. The molecule has 176 valence electrons. The van der Waals surface area contributed by atoms with Gasteiger partial charge in [0.25, 0.3) is 0 Å². The van der Waals surface area contributed by atoms with Crippen LogP contribution >= 0.6 is 0 Å². The molecule has 0 bridgehead atoms. The van der Waals surface area contributed by atoms with Gasteiger partial charge in [0, 0.05) is 29.7 Å². The van der Waals surface area contributed by atoms with Crippen molar-refractivity contribution in [2.24, 2.45) is 5.41 Å². The molecular weight excluding hydrogens is 414 g/mol. The topological polar surface area (TPSA) is 64.6 Å². The van der Waals surface area contributed by atoms with Gasteiger partial charge in [-0.1, -0.05) is 45.0 Å². The summed E-state index contributed by atoms with van der Waals surface area (Å²) in [5.41, 5.74) is 7.20. The highest BCUT2D eigenvalue weighted by Crippen LogP contribution is 2.46. The van der Waals surface area contributed by atoms with Gasteiger partial charge >= 0.3 is 5.97 Å². The summed E-state index contributed by atoms with van der Waals surface area (Å²) in [6.45, 7) is 15.1. The highest BCUT2D eigenvalue weighted by atomic mass is 16.5. The van der Waals surface area contributed by atoms with Crippen molar-refractivity contribution in [1.29, 1.82) is 0 Å². The van der Waals surface area contributed by atoms with Crippen LogP contribution in [0.4, 0.5) is 5.69 Å². The molecule has 5 heteroatoms. The zero-order valence-corrected chi connectivity index (χ0v) is 20.8. The second-order valence-corrected chi connectivity index (χ2v) is 9.89. The molecule has 1 aliphatic heterocycles. The molecule has 1 N–H and O–H groups in total. The van der Waals surface area contributed by atoms with Crippen LogP contribution in [0.3, 0.4) is 0 Å². The van der Waals surface area contributed by atoms with Gasteiger partial charge < -0.3 is 14.8 Å². The fourth-order valence-corrected chi connectivity index (χ4v) is 4.31. The Balaban J connectivity index is 1.90.